The molecule has 0 aliphatic heterocycles. The summed E-state index contributed by atoms with van der Waals surface area (Å²) in [7, 11) is 0. The van der Waals surface area contributed by atoms with Gasteiger partial charge in [-0.15, -0.1) is 0 Å². The molecule has 0 bridgehead atoms. The lowest BCUT2D eigenvalue weighted by atomic mass is 10.2. The normalized spacial score (nSPS) is 10.5. The van der Waals surface area contributed by atoms with E-state index in [1.165, 1.54) is 12.3 Å². The molecule has 4 nitrogen and oxygen atoms in total. The van der Waals surface area contributed by atoms with Gasteiger partial charge in [-0.2, -0.15) is 0 Å². The van der Waals surface area contributed by atoms with Crippen LogP contribution in [-0.4, -0.2) is 28.9 Å². The minimum atomic E-state index is -0.940. The summed E-state index contributed by atoms with van der Waals surface area (Å²) in [6.45, 7) is 5.44. The Morgan fingerprint density at radius 1 is 1.08 bits per heavy atom. The second-order valence-corrected chi connectivity index (χ2v) is 5.48. The Morgan fingerprint density at radius 2 is 1.79 bits per heavy atom. The van der Waals surface area contributed by atoms with Gasteiger partial charge in [0.2, 0.25) is 0 Å². The van der Waals surface area contributed by atoms with Crippen LogP contribution in [0.15, 0.2) is 36.5 Å². The molecule has 1 heterocycles. The van der Waals surface area contributed by atoms with Crippen molar-refractivity contribution in [2.75, 3.05) is 18.4 Å². The third kappa shape index (κ3) is 4.50. The van der Waals surface area contributed by atoms with E-state index in [0.29, 0.717) is 30.2 Å². The second kappa shape index (κ2) is 8.38. The van der Waals surface area contributed by atoms with E-state index in [-0.39, 0.29) is 5.91 Å². The standard InChI is InChI=1S/C18H21F2N3O/c1-3-9-23(10-4-2)18(24)13-7-8-21-17(11-13)22-14-5-6-15(19)16(20)12-14/h5-8,11-12H,3-4,9-10H2,1-2H3,(H,21,22). The number of aromatic nitrogens is 1. The third-order valence-electron chi connectivity index (χ3n) is 3.47. The molecule has 0 saturated heterocycles. The maximum absolute atomic E-state index is 13.3. The molecule has 2 aromatic rings. The van der Waals surface area contributed by atoms with Crippen molar-refractivity contribution >= 4 is 17.4 Å². The SMILES string of the molecule is CCCN(CCC)C(=O)c1ccnc(Nc2ccc(F)c(F)c2)c1. The molecule has 1 N–H and O–H groups in total. The van der Waals surface area contributed by atoms with E-state index in [1.54, 1.807) is 17.0 Å². The molecular formula is C18H21F2N3O. The summed E-state index contributed by atoms with van der Waals surface area (Å²) in [5.41, 5.74) is 0.877. The first-order valence-electron chi connectivity index (χ1n) is 8.02. The average Bonchev–Trinajstić information content (AvgIpc) is 2.58. The Balaban J connectivity index is 2.18. The van der Waals surface area contributed by atoms with Crippen molar-refractivity contribution in [1.82, 2.24) is 9.88 Å². The summed E-state index contributed by atoms with van der Waals surface area (Å²) in [4.78, 5) is 18.5. The van der Waals surface area contributed by atoms with E-state index < -0.39 is 11.6 Å². The molecule has 0 radical (unpaired) electrons. The van der Waals surface area contributed by atoms with E-state index in [1.807, 2.05) is 13.8 Å². The summed E-state index contributed by atoms with van der Waals surface area (Å²) in [6, 6.07) is 6.76. The van der Waals surface area contributed by atoms with Gasteiger partial charge in [-0.1, -0.05) is 13.8 Å². The van der Waals surface area contributed by atoms with Gasteiger partial charge in [0.05, 0.1) is 0 Å². The Hall–Kier alpha value is -2.50. The van der Waals surface area contributed by atoms with Crippen molar-refractivity contribution in [1.29, 1.82) is 0 Å². The minimum Gasteiger partial charge on any atom is -0.340 e. The van der Waals surface area contributed by atoms with Crippen LogP contribution in [0.4, 0.5) is 20.3 Å². The molecule has 1 aromatic carbocycles. The van der Waals surface area contributed by atoms with E-state index in [0.717, 1.165) is 25.0 Å². The number of pyridine rings is 1. The van der Waals surface area contributed by atoms with Crippen LogP contribution in [0.2, 0.25) is 0 Å². The predicted molar refractivity (Wildman–Crippen MR) is 90.4 cm³/mol. The van der Waals surface area contributed by atoms with Gasteiger partial charge in [0.15, 0.2) is 11.6 Å². The molecule has 2 rings (SSSR count). The fraction of sp³-hybridized carbons (Fsp3) is 0.333. The van der Waals surface area contributed by atoms with Crippen molar-refractivity contribution in [2.24, 2.45) is 0 Å². The first-order valence-corrected chi connectivity index (χ1v) is 8.02. The van der Waals surface area contributed by atoms with Gasteiger partial charge in [-0.05, 0) is 37.1 Å². The van der Waals surface area contributed by atoms with Crippen LogP contribution in [0, 0.1) is 11.6 Å². The first-order chi connectivity index (χ1) is 11.5. The van der Waals surface area contributed by atoms with Crippen LogP contribution < -0.4 is 5.32 Å². The molecule has 0 spiro atoms. The molecular weight excluding hydrogens is 312 g/mol. The summed E-state index contributed by atoms with van der Waals surface area (Å²) >= 11 is 0. The van der Waals surface area contributed by atoms with Crippen LogP contribution in [-0.2, 0) is 0 Å². The van der Waals surface area contributed by atoms with Gasteiger partial charge < -0.3 is 10.2 Å². The number of hydrogen-bond acceptors (Lipinski definition) is 3. The smallest absolute Gasteiger partial charge is 0.254 e. The van der Waals surface area contributed by atoms with E-state index in [9.17, 15) is 13.6 Å². The molecule has 6 heteroatoms. The monoisotopic (exact) mass is 333 g/mol. The highest BCUT2D eigenvalue weighted by molar-refractivity contribution is 5.95. The van der Waals surface area contributed by atoms with Crippen LogP contribution in [0.1, 0.15) is 37.0 Å². The van der Waals surface area contributed by atoms with Crippen LogP contribution in [0.3, 0.4) is 0 Å². The highest BCUT2D eigenvalue weighted by atomic mass is 19.2. The number of anilines is 2. The first kappa shape index (κ1) is 17.8. The number of nitrogens with one attached hydrogen (secondary N) is 1. The van der Waals surface area contributed by atoms with Gasteiger partial charge in [0.25, 0.3) is 5.91 Å². The van der Waals surface area contributed by atoms with Crippen LogP contribution in [0.25, 0.3) is 0 Å². The summed E-state index contributed by atoms with van der Waals surface area (Å²) in [5.74, 6) is -1.51. The number of nitrogens with zero attached hydrogens (tertiary/aromatic N) is 2. The largest absolute Gasteiger partial charge is 0.340 e. The zero-order valence-electron chi connectivity index (χ0n) is 13.9. The molecule has 128 valence electrons. The lowest BCUT2D eigenvalue weighted by Gasteiger charge is -2.21. The molecule has 0 unspecified atom stereocenters. The third-order valence-corrected chi connectivity index (χ3v) is 3.47. The summed E-state index contributed by atoms with van der Waals surface area (Å²) in [5, 5.41) is 2.88. The number of carbonyl (C=O) groups excluding carboxylic acids is 1. The number of benzene rings is 1. The van der Waals surface area contributed by atoms with Crippen LogP contribution in [0.5, 0.6) is 0 Å². The number of hydrogen-bond donors (Lipinski definition) is 1. The molecule has 0 fully saturated rings. The van der Waals surface area contributed by atoms with Crippen LogP contribution >= 0.6 is 0 Å². The zero-order valence-corrected chi connectivity index (χ0v) is 13.9. The van der Waals surface area contributed by atoms with Gasteiger partial charge >= 0.3 is 0 Å². The molecule has 24 heavy (non-hydrogen) atoms. The highest BCUT2D eigenvalue weighted by Crippen LogP contribution is 2.19. The van der Waals surface area contributed by atoms with Gasteiger partial charge in [-0.3, -0.25) is 4.79 Å². The number of rotatable bonds is 7. The van der Waals surface area contributed by atoms with E-state index >= 15 is 0 Å². The summed E-state index contributed by atoms with van der Waals surface area (Å²) < 4.78 is 26.2. The Kier molecular flexibility index (Phi) is 6.23. The van der Waals surface area contributed by atoms with Gasteiger partial charge in [0.1, 0.15) is 5.82 Å². The van der Waals surface area contributed by atoms with Gasteiger partial charge in [-0.25, -0.2) is 13.8 Å². The van der Waals surface area contributed by atoms with Crippen molar-refractivity contribution in [3.63, 3.8) is 0 Å². The molecule has 0 aliphatic rings. The van der Waals surface area contributed by atoms with Crippen molar-refractivity contribution in [2.45, 2.75) is 26.7 Å². The Morgan fingerprint density at radius 3 is 2.42 bits per heavy atom. The van der Waals surface area contributed by atoms with Crippen molar-refractivity contribution in [3.8, 4) is 0 Å². The zero-order chi connectivity index (χ0) is 17.5. The molecule has 0 aliphatic carbocycles. The number of amides is 1. The number of halogens is 2. The highest BCUT2D eigenvalue weighted by Gasteiger charge is 2.15. The maximum atomic E-state index is 13.3. The fourth-order valence-corrected chi connectivity index (χ4v) is 2.39. The predicted octanol–water partition coefficient (Wildman–Crippen LogP) is 4.37. The lowest BCUT2D eigenvalue weighted by molar-refractivity contribution is 0.0755. The molecule has 0 atom stereocenters. The molecule has 0 saturated carbocycles. The average molecular weight is 333 g/mol. The lowest BCUT2D eigenvalue weighted by Crippen LogP contribution is -2.32. The van der Waals surface area contributed by atoms with Crippen molar-refractivity contribution in [3.05, 3.63) is 53.7 Å². The van der Waals surface area contributed by atoms with E-state index in [4.69, 9.17) is 0 Å². The summed E-state index contributed by atoms with van der Waals surface area (Å²) in [6.07, 6.45) is 3.29. The Bertz CT molecular complexity index is 700. The molecule has 1 aromatic heterocycles. The van der Waals surface area contributed by atoms with Gasteiger partial charge in [0, 0.05) is 36.6 Å². The topological polar surface area (TPSA) is 45.2 Å². The maximum Gasteiger partial charge on any atom is 0.254 e. The van der Waals surface area contributed by atoms with E-state index in [2.05, 4.69) is 10.3 Å². The fourth-order valence-electron chi connectivity index (χ4n) is 2.39. The second-order valence-electron chi connectivity index (χ2n) is 5.48. The quantitative estimate of drug-likeness (QED) is 0.818. The number of carbonyl (C=O) groups is 1. The molecule has 1 amide bonds. The Labute approximate surface area is 140 Å². The minimum absolute atomic E-state index is 0.0607. The van der Waals surface area contributed by atoms with Crippen molar-refractivity contribution < 1.29 is 13.6 Å².